The van der Waals surface area contributed by atoms with Crippen LogP contribution in [0.5, 0.6) is 0 Å². The number of carbonyl (C=O) groups is 1. The fourth-order valence-electron chi connectivity index (χ4n) is 1.54. The number of anilines is 1. The first-order valence-electron chi connectivity index (χ1n) is 5.63. The molecule has 8 nitrogen and oxygen atoms in total. The fourth-order valence-corrected chi connectivity index (χ4v) is 1.54. The second kappa shape index (κ2) is 5.30. The maximum atomic E-state index is 11.3. The molecular formula is C10H14N6O2. The van der Waals surface area contributed by atoms with Gasteiger partial charge in [0.1, 0.15) is 5.82 Å². The van der Waals surface area contributed by atoms with Gasteiger partial charge in [0.25, 0.3) is 0 Å². The Kier molecular flexibility index (Phi) is 3.56. The van der Waals surface area contributed by atoms with Gasteiger partial charge in [-0.2, -0.15) is 9.61 Å². The van der Waals surface area contributed by atoms with Gasteiger partial charge in [0.2, 0.25) is 5.91 Å². The van der Waals surface area contributed by atoms with Crippen molar-refractivity contribution < 1.29 is 4.79 Å². The SMILES string of the molecule is NC(=O)CCCCNc1ccc2n[nH]c(=O)n2n1. The van der Waals surface area contributed by atoms with Crippen molar-refractivity contribution in [3.8, 4) is 0 Å². The van der Waals surface area contributed by atoms with E-state index in [1.165, 1.54) is 4.52 Å². The van der Waals surface area contributed by atoms with Gasteiger partial charge < -0.3 is 11.1 Å². The van der Waals surface area contributed by atoms with E-state index in [1.54, 1.807) is 12.1 Å². The van der Waals surface area contributed by atoms with Crippen LogP contribution in [0.1, 0.15) is 19.3 Å². The molecule has 1 amide bonds. The van der Waals surface area contributed by atoms with Crippen LogP contribution in [-0.4, -0.2) is 32.3 Å². The molecule has 4 N–H and O–H groups in total. The summed E-state index contributed by atoms with van der Waals surface area (Å²) >= 11 is 0. The molecule has 18 heavy (non-hydrogen) atoms. The summed E-state index contributed by atoms with van der Waals surface area (Å²) < 4.78 is 1.19. The Balaban J connectivity index is 1.89. The van der Waals surface area contributed by atoms with Crippen molar-refractivity contribution in [1.29, 1.82) is 0 Å². The molecule has 0 aliphatic rings. The van der Waals surface area contributed by atoms with Crippen LogP contribution in [0, 0.1) is 0 Å². The second-order valence-electron chi connectivity index (χ2n) is 3.87. The number of unbranched alkanes of at least 4 members (excludes halogenated alkanes) is 1. The van der Waals surface area contributed by atoms with Crippen LogP contribution in [0.2, 0.25) is 0 Å². The average Bonchev–Trinajstić information content (AvgIpc) is 2.70. The number of hydrogen-bond acceptors (Lipinski definition) is 5. The van der Waals surface area contributed by atoms with E-state index in [0.717, 1.165) is 12.8 Å². The van der Waals surface area contributed by atoms with Crippen LogP contribution in [-0.2, 0) is 4.79 Å². The van der Waals surface area contributed by atoms with Gasteiger partial charge in [0.05, 0.1) is 0 Å². The number of carbonyl (C=O) groups excluding carboxylic acids is 1. The summed E-state index contributed by atoms with van der Waals surface area (Å²) in [6.07, 6.45) is 1.93. The number of aromatic nitrogens is 4. The monoisotopic (exact) mass is 250 g/mol. The second-order valence-corrected chi connectivity index (χ2v) is 3.87. The number of nitrogens with zero attached hydrogens (tertiary/aromatic N) is 3. The van der Waals surface area contributed by atoms with Crippen molar-refractivity contribution in [3.63, 3.8) is 0 Å². The number of fused-ring (bicyclic) bond motifs is 1. The highest BCUT2D eigenvalue weighted by Gasteiger charge is 2.02. The van der Waals surface area contributed by atoms with Crippen LogP contribution in [0.3, 0.4) is 0 Å². The minimum Gasteiger partial charge on any atom is -0.370 e. The molecule has 0 spiro atoms. The molecular weight excluding hydrogens is 236 g/mol. The smallest absolute Gasteiger partial charge is 0.364 e. The molecule has 0 aliphatic heterocycles. The lowest BCUT2D eigenvalue weighted by Gasteiger charge is -2.04. The van der Waals surface area contributed by atoms with Crippen LogP contribution in [0.25, 0.3) is 5.65 Å². The normalized spacial score (nSPS) is 10.7. The van der Waals surface area contributed by atoms with Crippen molar-refractivity contribution >= 4 is 17.4 Å². The topological polar surface area (TPSA) is 118 Å². The van der Waals surface area contributed by atoms with E-state index >= 15 is 0 Å². The zero-order valence-electron chi connectivity index (χ0n) is 9.72. The van der Waals surface area contributed by atoms with Crippen molar-refractivity contribution in [2.45, 2.75) is 19.3 Å². The molecule has 2 rings (SSSR count). The van der Waals surface area contributed by atoms with Gasteiger partial charge in [-0.15, -0.1) is 5.10 Å². The molecule has 0 saturated carbocycles. The third kappa shape index (κ3) is 2.84. The standard InChI is InChI=1S/C10H14N6O2/c11-7(17)3-1-2-6-12-8-4-5-9-13-14-10(18)16(9)15-8/h4-5H,1-3,6H2,(H2,11,17)(H,12,15)(H,14,18). The van der Waals surface area contributed by atoms with E-state index in [1.807, 2.05) is 0 Å². The van der Waals surface area contributed by atoms with E-state index in [0.29, 0.717) is 24.4 Å². The van der Waals surface area contributed by atoms with E-state index in [2.05, 4.69) is 20.6 Å². The Hall–Kier alpha value is -2.38. The molecule has 0 bridgehead atoms. The number of nitrogens with two attached hydrogens (primary N) is 1. The molecule has 2 aromatic heterocycles. The Labute approximate surface area is 102 Å². The van der Waals surface area contributed by atoms with E-state index in [-0.39, 0.29) is 11.6 Å². The van der Waals surface area contributed by atoms with Gasteiger partial charge in [-0.05, 0) is 25.0 Å². The summed E-state index contributed by atoms with van der Waals surface area (Å²) in [7, 11) is 0. The van der Waals surface area contributed by atoms with Crippen molar-refractivity contribution in [3.05, 3.63) is 22.6 Å². The molecule has 0 aliphatic carbocycles. The average molecular weight is 250 g/mol. The number of primary amides is 1. The molecule has 0 aromatic carbocycles. The van der Waals surface area contributed by atoms with Gasteiger partial charge in [-0.1, -0.05) is 0 Å². The van der Waals surface area contributed by atoms with Crippen LogP contribution < -0.4 is 16.7 Å². The van der Waals surface area contributed by atoms with Crippen LogP contribution in [0.4, 0.5) is 5.82 Å². The number of rotatable bonds is 6. The molecule has 0 saturated heterocycles. The molecule has 2 aromatic rings. The number of nitrogens with one attached hydrogen (secondary N) is 2. The Morgan fingerprint density at radius 1 is 1.44 bits per heavy atom. The van der Waals surface area contributed by atoms with Gasteiger partial charge in [-0.3, -0.25) is 4.79 Å². The largest absolute Gasteiger partial charge is 0.370 e. The molecule has 0 unspecified atom stereocenters. The third-order valence-electron chi connectivity index (χ3n) is 2.43. The van der Waals surface area contributed by atoms with Gasteiger partial charge in [0, 0.05) is 13.0 Å². The minimum absolute atomic E-state index is 0.292. The minimum atomic E-state index is -0.373. The molecule has 8 heteroatoms. The zero-order valence-corrected chi connectivity index (χ0v) is 9.72. The summed E-state index contributed by atoms with van der Waals surface area (Å²) in [5.74, 6) is 0.296. The lowest BCUT2D eigenvalue weighted by molar-refractivity contribution is -0.118. The summed E-state index contributed by atoms with van der Waals surface area (Å²) in [6.45, 7) is 0.665. The number of hydrogen-bond donors (Lipinski definition) is 3. The Morgan fingerprint density at radius 3 is 3.06 bits per heavy atom. The third-order valence-corrected chi connectivity index (χ3v) is 2.43. The lowest BCUT2D eigenvalue weighted by Crippen LogP contribution is -2.14. The summed E-state index contributed by atoms with van der Waals surface area (Å²) in [6, 6.07) is 3.43. The van der Waals surface area contributed by atoms with Crippen molar-refractivity contribution in [1.82, 2.24) is 19.8 Å². The maximum absolute atomic E-state index is 11.3. The van der Waals surface area contributed by atoms with E-state index in [9.17, 15) is 9.59 Å². The first-order valence-corrected chi connectivity index (χ1v) is 5.63. The predicted octanol–water partition coefficient (Wildman–Crippen LogP) is -0.515. The Bertz CT molecular complexity index is 602. The quantitative estimate of drug-likeness (QED) is 0.596. The lowest BCUT2D eigenvalue weighted by atomic mass is 10.2. The molecule has 96 valence electrons. The highest BCUT2D eigenvalue weighted by Crippen LogP contribution is 2.03. The highest BCUT2D eigenvalue weighted by atomic mass is 16.2. The Morgan fingerprint density at radius 2 is 2.28 bits per heavy atom. The van der Waals surface area contributed by atoms with E-state index in [4.69, 9.17) is 5.73 Å². The highest BCUT2D eigenvalue weighted by molar-refractivity contribution is 5.73. The first-order chi connectivity index (χ1) is 8.66. The van der Waals surface area contributed by atoms with Crippen LogP contribution in [0.15, 0.2) is 16.9 Å². The number of aromatic amines is 1. The van der Waals surface area contributed by atoms with Crippen LogP contribution >= 0.6 is 0 Å². The van der Waals surface area contributed by atoms with E-state index < -0.39 is 0 Å². The van der Waals surface area contributed by atoms with Crippen molar-refractivity contribution in [2.75, 3.05) is 11.9 Å². The predicted molar refractivity (Wildman–Crippen MR) is 65.1 cm³/mol. The fraction of sp³-hybridized carbons (Fsp3) is 0.400. The molecule has 2 heterocycles. The molecule has 0 fully saturated rings. The number of H-pyrrole nitrogens is 1. The molecule has 0 radical (unpaired) electrons. The zero-order chi connectivity index (χ0) is 13.0. The van der Waals surface area contributed by atoms with Gasteiger partial charge >= 0.3 is 5.69 Å². The van der Waals surface area contributed by atoms with Gasteiger partial charge in [-0.25, -0.2) is 9.89 Å². The summed E-state index contributed by atoms with van der Waals surface area (Å²) in [4.78, 5) is 21.8. The first kappa shape index (κ1) is 12.1. The summed E-state index contributed by atoms with van der Waals surface area (Å²) in [5.41, 5.74) is 5.13. The maximum Gasteiger partial charge on any atom is 0.364 e. The van der Waals surface area contributed by atoms with Gasteiger partial charge in [0.15, 0.2) is 5.65 Å². The molecule has 0 atom stereocenters. The number of amides is 1. The van der Waals surface area contributed by atoms with Crippen molar-refractivity contribution in [2.24, 2.45) is 5.73 Å². The summed E-state index contributed by atoms with van der Waals surface area (Å²) in [5, 5.41) is 13.2.